The molecule has 260 valence electrons. The van der Waals surface area contributed by atoms with E-state index in [4.69, 9.17) is 33.2 Å². The van der Waals surface area contributed by atoms with Crippen molar-refractivity contribution in [2.45, 2.75) is 73.2 Å². The van der Waals surface area contributed by atoms with E-state index in [1.165, 1.54) is 14.2 Å². The average molecular weight is 703 g/mol. The molecule has 0 aliphatic carbocycles. The first-order chi connectivity index (χ1) is 21.2. The van der Waals surface area contributed by atoms with Gasteiger partial charge in [-0.05, 0) is 0 Å². The Morgan fingerprint density at radius 2 is 0.851 bits per heavy atom. The van der Waals surface area contributed by atoms with Crippen molar-refractivity contribution < 1.29 is 153 Å². The molecule has 0 radical (unpaired) electrons. The van der Waals surface area contributed by atoms with Gasteiger partial charge in [-0.2, -0.15) is 0 Å². The van der Waals surface area contributed by atoms with Gasteiger partial charge in [-0.1, -0.05) is 0 Å². The summed E-state index contributed by atoms with van der Waals surface area (Å²) in [5.74, 6) is -8.79. The number of aliphatic carboxylic acids is 3. The van der Waals surface area contributed by atoms with E-state index in [1.807, 2.05) is 0 Å². The summed E-state index contributed by atoms with van der Waals surface area (Å²) in [4.78, 5) is 35.1. The molecular formula is C26H40Na2O19. The molecule has 3 rings (SSSR count). The van der Waals surface area contributed by atoms with Crippen LogP contribution in [0.25, 0.3) is 0 Å². The summed E-state index contributed by atoms with van der Waals surface area (Å²) in [5, 5.41) is 95.8. The van der Waals surface area contributed by atoms with E-state index in [2.05, 4.69) is 0 Å². The molecule has 3 aliphatic heterocycles. The first kappa shape index (κ1) is 44.9. The molecule has 7 N–H and O–H groups in total. The molecule has 0 aromatic heterocycles. The molecule has 0 saturated carbocycles. The van der Waals surface area contributed by atoms with Crippen LogP contribution in [-0.2, 0) is 47.5 Å². The zero-order valence-corrected chi connectivity index (χ0v) is 30.4. The Morgan fingerprint density at radius 1 is 0.532 bits per heavy atom. The van der Waals surface area contributed by atoms with Crippen LogP contribution in [0.4, 0.5) is 0 Å². The van der Waals surface area contributed by atoms with Crippen LogP contribution < -0.4 is 69.3 Å². The number of ether oxygens (including phenoxy) is 7. The van der Waals surface area contributed by atoms with Gasteiger partial charge in [0.05, 0.1) is 69.9 Å². The van der Waals surface area contributed by atoms with Crippen LogP contribution in [-0.4, -0.2) is 181 Å². The predicted molar refractivity (Wildman–Crippen MR) is 136 cm³/mol. The number of carboxylic acids is 3. The number of aliphatic hydroxyl groups is 6. The molecule has 0 amide bonds. The number of hydrogen-bond acceptors (Lipinski definition) is 18. The average Bonchev–Trinajstić information content (AvgIpc) is 2.98. The zero-order valence-electron chi connectivity index (χ0n) is 26.4. The second-order valence-corrected chi connectivity index (χ2v) is 11.2. The van der Waals surface area contributed by atoms with Gasteiger partial charge in [0.1, 0.15) is 48.8 Å². The smallest absolute Gasteiger partial charge is 0.547 e. The first-order valence-corrected chi connectivity index (χ1v) is 14.1. The van der Waals surface area contributed by atoms with Crippen LogP contribution >= 0.6 is 0 Å². The molecule has 3 saturated heterocycles. The van der Waals surface area contributed by atoms with Crippen LogP contribution in [0, 0.1) is 17.8 Å². The Kier molecular flexibility index (Phi) is 19.7. The van der Waals surface area contributed by atoms with E-state index in [9.17, 15) is 60.3 Å². The predicted octanol–water partition coefficient (Wildman–Crippen LogP) is -13.8. The van der Waals surface area contributed by atoms with Gasteiger partial charge in [-0.15, -0.1) is 0 Å². The van der Waals surface area contributed by atoms with Crippen molar-refractivity contribution in [3.63, 3.8) is 0 Å². The molecule has 15 unspecified atom stereocenters. The van der Waals surface area contributed by atoms with Crippen molar-refractivity contribution >= 4 is 17.9 Å². The summed E-state index contributed by atoms with van der Waals surface area (Å²) in [6, 6.07) is 0. The minimum Gasteiger partial charge on any atom is -0.547 e. The molecule has 47 heavy (non-hydrogen) atoms. The van der Waals surface area contributed by atoms with E-state index in [0.29, 0.717) is 0 Å². The normalized spacial score (nSPS) is 40.5. The van der Waals surface area contributed by atoms with Gasteiger partial charge < -0.3 is 88.7 Å². The van der Waals surface area contributed by atoms with Gasteiger partial charge in [0.15, 0.2) is 6.10 Å². The molecule has 3 fully saturated rings. The Hall–Kier alpha value is -0.110. The topological polar surface area (TPSA) is 304 Å². The van der Waals surface area contributed by atoms with Crippen molar-refractivity contribution in [1.82, 2.24) is 0 Å². The minimum absolute atomic E-state index is 0. The van der Waals surface area contributed by atoms with Crippen LogP contribution in [0.1, 0.15) is 0 Å². The van der Waals surface area contributed by atoms with E-state index in [0.717, 1.165) is 0 Å². The van der Waals surface area contributed by atoms with Crippen molar-refractivity contribution in [2.24, 2.45) is 17.8 Å². The fraction of sp³-hybridized carbons (Fsp3) is 0.885. The molecule has 3 heterocycles. The Bertz CT molecular complexity index is 994. The number of carbonyl (C=O) groups excluding carboxylic acids is 2. The number of hydrogen-bond donors (Lipinski definition) is 7. The molecule has 21 heteroatoms. The van der Waals surface area contributed by atoms with Gasteiger partial charge in [-0.3, -0.25) is 0 Å². The van der Waals surface area contributed by atoms with Crippen LogP contribution in [0.15, 0.2) is 0 Å². The van der Waals surface area contributed by atoms with Gasteiger partial charge in [0, 0.05) is 32.0 Å². The number of methoxy groups -OCH3 is 2. The van der Waals surface area contributed by atoms with Gasteiger partial charge >= 0.3 is 65.1 Å². The summed E-state index contributed by atoms with van der Waals surface area (Å²) < 4.78 is 36.6. The maximum atomic E-state index is 12.0. The van der Waals surface area contributed by atoms with Crippen LogP contribution in [0.3, 0.4) is 0 Å². The fourth-order valence-corrected chi connectivity index (χ4v) is 5.74. The number of carbonyl (C=O) groups is 3. The van der Waals surface area contributed by atoms with Crippen molar-refractivity contribution in [2.75, 3.05) is 53.9 Å². The summed E-state index contributed by atoms with van der Waals surface area (Å²) in [7, 11) is 2.54. The van der Waals surface area contributed by atoms with Crippen molar-refractivity contribution in [1.29, 1.82) is 0 Å². The van der Waals surface area contributed by atoms with Crippen LogP contribution in [0.2, 0.25) is 0 Å². The molecule has 19 nitrogen and oxygen atoms in total. The quantitative estimate of drug-likeness (QED) is 0.0779. The molecule has 0 aromatic carbocycles. The van der Waals surface area contributed by atoms with Gasteiger partial charge in [-0.25, -0.2) is 4.79 Å². The number of rotatable bonds is 15. The van der Waals surface area contributed by atoms with E-state index >= 15 is 0 Å². The SMILES string of the molecule is COCC1OC(C(=O)[O-])C(COCC2OC(C(=O)O)C(COCC3OC(C(=O)[O-])C(COC)C(O)C3O)C(O)C2O)C(O)C1O.[Na+].[Na+]. The molecule has 0 aromatic rings. The molecule has 0 bridgehead atoms. The summed E-state index contributed by atoms with van der Waals surface area (Å²) in [6.45, 7) is -2.75. The number of carboxylic acid groups (broad SMARTS) is 3. The monoisotopic (exact) mass is 702 g/mol. The van der Waals surface area contributed by atoms with Gasteiger partial charge in [0.25, 0.3) is 0 Å². The van der Waals surface area contributed by atoms with Gasteiger partial charge in [0.2, 0.25) is 0 Å². The summed E-state index contributed by atoms with van der Waals surface area (Å²) in [5.41, 5.74) is 0. The zero-order chi connectivity index (χ0) is 33.6. The van der Waals surface area contributed by atoms with E-state index in [1.54, 1.807) is 0 Å². The molecule has 3 aliphatic rings. The third-order valence-electron chi connectivity index (χ3n) is 8.22. The van der Waals surface area contributed by atoms with Crippen molar-refractivity contribution in [3.05, 3.63) is 0 Å². The Morgan fingerprint density at radius 3 is 1.19 bits per heavy atom. The van der Waals surface area contributed by atoms with Crippen LogP contribution in [0.5, 0.6) is 0 Å². The maximum absolute atomic E-state index is 12.0. The molecule has 0 spiro atoms. The Labute approximate surface area is 313 Å². The second-order valence-electron chi connectivity index (χ2n) is 11.2. The minimum atomic E-state index is -1.77. The first-order valence-electron chi connectivity index (χ1n) is 14.1. The Balaban J connectivity index is 0.00000552. The third-order valence-corrected chi connectivity index (χ3v) is 8.22. The van der Waals surface area contributed by atoms with E-state index < -0.39 is 135 Å². The standard InChI is InChI=1S/C26H42O19.2Na/c1-39-3-9-15(27)19(31)13(44-21(9)24(33)34)7-42-5-11-17(29)20(32)14(45-23(11)26(37)38)8-41-4-10-16(28)18(30)12(6-40-2)43-22(10)25(35)36;;/h9-23,27-32H,3-8H2,1-2H3,(H,33,34)(H,35,36)(H,37,38);;/q;2*+1/p-2. The second kappa shape index (κ2) is 20.7. The maximum Gasteiger partial charge on any atom is 1.00 e. The summed E-state index contributed by atoms with van der Waals surface area (Å²) >= 11 is 0. The molecular weight excluding hydrogens is 662 g/mol. The number of aliphatic hydroxyl groups excluding tert-OH is 6. The van der Waals surface area contributed by atoms with Crippen molar-refractivity contribution in [3.8, 4) is 0 Å². The largest absolute Gasteiger partial charge is 1.00 e. The molecule has 15 atom stereocenters. The fourth-order valence-electron chi connectivity index (χ4n) is 5.74. The summed E-state index contributed by atoms with van der Waals surface area (Å²) in [6.07, 6.45) is -19.0. The van der Waals surface area contributed by atoms with E-state index in [-0.39, 0.29) is 72.3 Å². The third kappa shape index (κ3) is 10.9.